The molecule has 122 valence electrons. The number of nitrogens with one attached hydrogen (secondary N) is 1. The molecule has 3 aromatic rings. The second kappa shape index (κ2) is 8.06. The van der Waals surface area contributed by atoms with Crippen molar-refractivity contribution in [3.63, 3.8) is 0 Å². The van der Waals surface area contributed by atoms with Gasteiger partial charge in [0.05, 0.1) is 0 Å². The zero-order valence-corrected chi connectivity index (χ0v) is 13.3. The summed E-state index contributed by atoms with van der Waals surface area (Å²) in [5, 5.41) is 6.85. The van der Waals surface area contributed by atoms with E-state index in [0.717, 1.165) is 17.5 Å². The predicted molar refractivity (Wildman–Crippen MR) is 91.2 cm³/mol. The van der Waals surface area contributed by atoms with E-state index in [0.29, 0.717) is 31.1 Å². The highest BCUT2D eigenvalue weighted by Gasteiger charge is 2.08. The number of aryl methyl sites for hydroxylation is 1. The van der Waals surface area contributed by atoms with Gasteiger partial charge in [-0.3, -0.25) is 4.79 Å². The minimum atomic E-state index is 0.0293. The SMILES string of the molecule is O=C(CCc1ccccc1)NCCc1nc(-c2ccccc2)no1. The average Bonchev–Trinajstić information content (AvgIpc) is 3.11. The Balaban J connectivity index is 1.42. The van der Waals surface area contributed by atoms with Crippen LogP contribution in [0.15, 0.2) is 65.2 Å². The Morgan fingerprint density at radius 2 is 1.67 bits per heavy atom. The second-order valence-electron chi connectivity index (χ2n) is 5.46. The molecule has 0 aliphatic rings. The summed E-state index contributed by atoms with van der Waals surface area (Å²) in [4.78, 5) is 16.2. The van der Waals surface area contributed by atoms with Crippen LogP contribution in [0.4, 0.5) is 0 Å². The number of rotatable bonds is 7. The van der Waals surface area contributed by atoms with Crippen molar-refractivity contribution in [2.45, 2.75) is 19.3 Å². The monoisotopic (exact) mass is 321 g/mol. The van der Waals surface area contributed by atoms with Crippen LogP contribution in [0.5, 0.6) is 0 Å². The summed E-state index contributed by atoms with van der Waals surface area (Å²) in [5.41, 5.74) is 2.08. The summed E-state index contributed by atoms with van der Waals surface area (Å²) in [6, 6.07) is 19.6. The molecule has 2 aromatic carbocycles. The molecule has 0 radical (unpaired) electrons. The van der Waals surface area contributed by atoms with Crippen LogP contribution in [0.2, 0.25) is 0 Å². The molecule has 5 heteroatoms. The maximum absolute atomic E-state index is 11.9. The van der Waals surface area contributed by atoms with E-state index in [2.05, 4.69) is 15.5 Å². The number of carbonyl (C=O) groups is 1. The van der Waals surface area contributed by atoms with Gasteiger partial charge in [0.25, 0.3) is 0 Å². The van der Waals surface area contributed by atoms with Crippen molar-refractivity contribution >= 4 is 5.91 Å². The number of carbonyl (C=O) groups excluding carboxylic acids is 1. The Bertz CT molecular complexity index is 770. The molecule has 0 aliphatic carbocycles. The maximum Gasteiger partial charge on any atom is 0.228 e. The third-order valence-electron chi connectivity index (χ3n) is 3.64. The van der Waals surface area contributed by atoms with Gasteiger partial charge in [0.2, 0.25) is 17.6 Å². The summed E-state index contributed by atoms with van der Waals surface area (Å²) in [6.07, 6.45) is 1.74. The van der Waals surface area contributed by atoms with Crippen LogP contribution in [-0.2, 0) is 17.6 Å². The van der Waals surface area contributed by atoms with Crippen molar-refractivity contribution in [1.29, 1.82) is 0 Å². The molecule has 0 saturated carbocycles. The molecule has 5 nitrogen and oxygen atoms in total. The fourth-order valence-corrected chi connectivity index (χ4v) is 2.36. The quantitative estimate of drug-likeness (QED) is 0.726. The summed E-state index contributed by atoms with van der Waals surface area (Å²) in [6.45, 7) is 0.490. The zero-order chi connectivity index (χ0) is 16.6. The van der Waals surface area contributed by atoms with Gasteiger partial charge in [-0.25, -0.2) is 0 Å². The molecule has 0 atom stereocenters. The third-order valence-corrected chi connectivity index (χ3v) is 3.64. The number of amides is 1. The Kier molecular flexibility index (Phi) is 5.35. The molecule has 0 fully saturated rings. The molecule has 1 amide bonds. The van der Waals surface area contributed by atoms with Crippen molar-refractivity contribution in [3.8, 4) is 11.4 Å². The van der Waals surface area contributed by atoms with E-state index >= 15 is 0 Å². The molecular formula is C19H19N3O2. The molecule has 0 unspecified atom stereocenters. The first-order chi connectivity index (χ1) is 11.8. The van der Waals surface area contributed by atoms with Crippen LogP contribution in [0.25, 0.3) is 11.4 Å². The van der Waals surface area contributed by atoms with Gasteiger partial charge < -0.3 is 9.84 Å². The highest BCUT2D eigenvalue weighted by molar-refractivity contribution is 5.76. The Morgan fingerprint density at radius 1 is 0.958 bits per heavy atom. The van der Waals surface area contributed by atoms with Crippen molar-refractivity contribution < 1.29 is 9.32 Å². The molecule has 0 saturated heterocycles. The van der Waals surface area contributed by atoms with E-state index in [1.807, 2.05) is 60.7 Å². The van der Waals surface area contributed by atoms with Gasteiger partial charge in [-0.15, -0.1) is 0 Å². The fraction of sp³-hybridized carbons (Fsp3) is 0.211. The lowest BCUT2D eigenvalue weighted by Crippen LogP contribution is -2.25. The van der Waals surface area contributed by atoms with Crippen LogP contribution in [0, 0.1) is 0 Å². The lowest BCUT2D eigenvalue weighted by atomic mass is 10.1. The first-order valence-electron chi connectivity index (χ1n) is 8.00. The van der Waals surface area contributed by atoms with E-state index < -0.39 is 0 Å². The minimum absolute atomic E-state index is 0.0293. The lowest BCUT2D eigenvalue weighted by molar-refractivity contribution is -0.121. The standard InChI is InChI=1S/C19H19N3O2/c23-17(12-11-15-7-3-1-4-8-15)20-14-13-18-21-19(22-24-18)16-9-5-2-6-10-16/h1-10H,11-14H2,(H,20,23). The van der Waals surface area contributed by atoms with Crippen LogP contribution in [0.3, 0.4) is 0 Å². The fourth-order valence-electron chi connectivity index (χ4n) is 2.36. The minimum Gasteiger partial charge on any atom is -0.356 e. The first kappa shape index (κ1) is 15.9. The first-order valence-corrected chi connectivity index (χ1v) is 8.00. The largest absolute Gasteiger partial charge is 0.356 e. The Labute approximate surface area is 140 Å². The number of benzene rings is 2. The van der Waals surface area contributed by atoms with Crippen molar-refractivity contribution in [2.24, 2.45) is 0 Å². The molecule has 1 N–H and O–H groups in total. The molecule has 3 rings (SSSR count). The summed E-state index contributed by atoms with van der Waals surface area (Å²) in [5.74, 6) is 1.12. The highest BCUT2D eigenvalue weighted by Crippen LogP contribution is 2.14. The number of hydrogen-bond donors (Lipinski definition) is 1. The van der Waals surface area contributed by atoms with Gasteiger partial charge in [0.15, 0.2) is 0 Å². The van der Waals surface area contributed by atoms with Crippen LogP contribution in [-0.4, -0.2) is 22.6 Å². The molecule has 0 bridgehead atoms. The normalized spacial score (nSPS) is 10.5. The maximum atomic E-state index is 11.9. The zero-order valence-electron chi connectivity index (χ0n) is 13.3. The molecule has 0 aliphatic heterocycles. The van der Waals surface area contributed by atoms with Gasteiger partial charge in [-0.2, -0.15) is 4.98 Å². The Hall–Kier alpha value is -2.95. The summed E-state index contributed by atoms with van der Waals surface area (Å²) in [7, 11) is 0. The topological polar surface area (TPSA) is 68.0 Å². The van der Waals surface area contributed by atoms with Crippen molar-refractivity contribution in [1.82, 2.24) is 15.5 Å². The van der Waals surface area contributed by atoms with E-state index in [9.17, 15) is 4.79 Å². The summed E-state index contributed by atoms with van der Waals surface area (Å²) < 4.78 is 5.22. The smallest absolute Gasteiger partial charge is 0.228 e. The number of nitrogens with zero attached hydrogens (tertiary/aromatic N) is 2. The van der Waals surface area contributed by atoms with Crippen LogP contribution in [0.1, 0.15) is 17.9 Å². The van der Waals surface area contributed by atoms with Gasteiger partial charge in [-0.05, 0) is 12.0 Å². The average molecular weight is 321 g/mol. The van der Waals surface area contributed by atoms with Crippen LogP contribution >= 0.6 is 0 Å². The van der Waals surface area contributed by atoms with Crippen molar-refractivity contribution in [2.75, 3.05) is 6.54 Å². The van der Waals surface area contributed by atoms with Gasteiger partial charge in [0, 0.05) is 24.9 Å². The molecule has 1 heterocycles. The number of hydrogen-bond acceptors (Lipinski definition) is 4. The van der Waals surface area contributed by atoms with Gasteiger partial charge in [-0.1, -0.05) is 65.8 Å². The molecular weight excluding hydrogens is 302 g/mol. The van der Waals surface area contributed by atoms with E-state index in [1.165, 1.54) is 0 Å². The van der Waals surface area contributed by atoms with Crippen molar-refractivity contribution in [3.05, 3.63) is 72.1 Å². The predicted octanol–water partition coefficient (Wildman–Crippen LogP) is 3.03. The van der Waals surface area contributed by atoms with E-state index in [4.69, 9.17) is 4.52 Å². The lowest BCUT2D eigenvalue weighted by Gasteiger charge is -2.03. The summed E-state index contributed by atoms with van der Waals surface area (Å²) >= 11 is 0. The molecule has 0 spiro atoms. The number of aromatic nitrogens is 2. The highest BCUT2D eigenvalue weighted by atomic mass is 16.5. The molecule has 1 aromatic heterocycles. The third kappa shape index (κ3) is 4.52. The van der Waals surface area contributed by atoms with Gasteiger partial charge >= 0.3 is 0 Å². The van der Waals surface area contributed by atoms with Gasteiger partial charge in [0.1, 0.15) is 0 Å². The van der Waals surface area contributed by atoms with E-state index in [1.54, 1.807) is 0 Å². The molecule has 24 heavy (non-hydrogen) atoms. The second-order valence-corrected chi connectivity index (χ2v) is 5.46. The van der Waals surface area contributed by atoms with Crippen LogP contribution < -0.4 is 5.32 Å². The van der Waals surface area contributed by atoms with E-state index in [-0.39, 0.29) is 5.91 Å². The Morgan fingerprint density at radius 3 is 2.42 bits per heavy atom.